The second kappa shape index (κ2) is 9.73. The van der Waals surface area contributed by atoms with Gasteiger partial charge in [0.25, 0.3) is 10.1 Å². The van der Waals surface area contributed by atoms with Crippen molar-refractivity contribution in [2.24, 2.45) is 13.0 Å². The predicted octanol–water partition coefficient (Wildman–Crippen LogP) is 1.70. The van der Waals surface area contributed by atoms with Crippen LogP contribution in [0.15, 0.2) is 12.1 Å². The number of esters is 1. The van der Waals surface area contributed by atoms with E-state index in [0.717, 1.165) is 50.0 Å². The number of anilines is 1. The molecule has 3 heterocycles. The van der Waals surface area contributed by atoms with E-state index in [1.807, 2.05) is 19.1 Å². The Kier molecular flexibility index (Phi) is 7.26. The van der Waals surface area contributed by atoms with E-state index in [-0.39, 0.29) is 18.5 Å². The average Bonchev–Trinajstić information content (AvgIpc) is 3.11. The van der Waals surface area contributed by atoms with Crippen LogP contribution in [0.3, 0.4) is 0 Å². The molecule has 0 aliphatic carbocycles. The molecule has 1 saturated heterocycles. The molecule has 0 unspecified atom stereocenters. The Bertz CT molecular complexity index is 1040. The first-order valence-corrected chi connectivity index (χ1v) is 12.1. The van der Waals surface area contributed by atoms with Gasteiger partial charge in [0.1, 0.15) is 12.3 Å². The SMILES string of the molecule is CCc1nc(-c2nnn(C)c2COS(C)(=O)=O)ccc1N1CCC[C@H](CC(=O)OC)C1. The Morgan fingerprint density at radius 1 is 1.32 bits per heavy atom. The third-order valence-corrected chi connectivity index (χ3v) is 5.97. The van der Waals surface area contributed by atoms with Gasteiger partial charge in [0.05, 0.1) is 36.1 Å². The summed E-state index contributed by atoms with van der Waals surface area (Å²) >= 11 is 0. The van der Waals surface area contributed by atoms with Crippen molar-refractivity contribution >= 4 is 21.8 Å². The van der Waals surface area contributed by atoms with Crippen LogP contribution in [-0.2, 0) is 43.9 Å². The van der Waals surface area contributed by atoms with Crippen molar-refractivity contribution < 1.29 is 22.1 Å². The highest BCUT2D eigenvalue weighted by atomic mass is 32.2. The van der Waals surface area contributed by atoms with Crippen molar-refractivity contribution in [2.75, 3.05) is 31.4 Å². The lowest BCUT2D eigenvalue weighted by molar-refractivity contribution is -0.141. The predicted molar refractivity (Wildman–Crippen MR) is 115 cm³/mol. The molecule has 1 aliphatic heterocycles. The molecule has 0 aromatic carbocycles. The molecule has 3 rings (SSSR count). The highest BCUT2D eigenvalue weighted by Crippen LogP contribution is 2.30. The van der Waals surface area contributed by atoms with E-state index in [1.54, 1.807) is 7.05 Å². The number of nitrogens with zero attached hydrogens (tertiary/aromatic N) is 5. The molecule has 31 heavy (non-hydrogen) atoms. The normalized spacial score (nSPS) is 17.0. The topological polar surface area (TPSA) is 117 Å². The summed E-state index contributed by atoms with van der Waals surface area (Å²) in [5, 5.41) is 8.17. The van der Waals surface area contributed by atoms with Gasteiger partial charge >= 0.3 is 5.97 Å². The molecule has 2 aromatic heterocycles. The number of hydrogen-bond acceptors (Lipinski definition) is 9. The van der Waals surface area contributed by atoms with E-state index in [9.17, 15) is 13.2 Å². The Hall–Kier alpha value is -2.53. The van der Waals surface area contributed by atoms with Crippen LogP contribution >= 0.6 is 0 Å². The first-order valence-electron chi connectivity index (χ1n) is 10.3. The number of hydrogen-bond donors (Lipinski definition) is 0. The molecule has 10 nitrogen and oxygen atoms in total. The molecule has 1 atom stereocenters. The summed E-state index contributed by atoms with van der Waals surface area (Å²) in [6.45, 7) is 3.56. The number of rotatable bonds is 8. The van der Waals surface area contributed by atoms with Crippen LogP contribution in [0.2, 0.25) is 0 Å². The van der Waals surface area contributed by atoms with Gasteiger partial charge in [-0.2, -0.15) is 8.42 Å². The third kappa shape index (κ3) is 5.79. The third-order valence-electron chi connectivity index (χ3n) is 5.42. The minimum Gasteiger partial charge on any atom is -0.469 e. The molecule has 0 bridgehead atoms. The summed E-state index contributed by atoms with van der Waals surface area (Å²) in [6.07, 6.45) is 4.15. The Morgan fingerprint density at radius 3 is 2.77 bits per heavy atom. The van der Waals surface area contributed by atoms with Crippen LogP contribution in [0.1, 0.15) is 37.6 Å². The maximum absolute atomic E-state index is 11.7. The zero-order valence-corrected chi connectivity index (χ0v) is 19.2. The van der Waals surface area contributed by atoms with Gasteiger partial charge in [-0.05, 0) is 37.3 Å². The quantitative estimate of drug-likeness (QED) is 0.436. The van der Waals surface area contributed by atoms with E-state index in [4.69, 9.17) is 13.9 Å². The van der Waals surface area contributed by atoms with Gasteiger partial charge < -0.3 is 9.64 Å². The highest BCUT2D eigenvalue weighted by Gasteiger charge is 2.25. The zero-order chi connectivity index (χ0) is 22.6. The summed E-state index contributed by atoms with van der Waals surface area (Å²) < 4.78 is 34.0. The Labute approximate surface area is 182 Å². The number of methoxy groups -OCH3 is 1. The fourth-order valence-electron chi connectivity index (χ4n) is 3.84. The van der Waals surface area contributed by atoms with Crippen molar-refractivity contribution in [3.8, 4) is 11.4 Å². The summed E-state index contributed by atoms with van der Waals surface area (Å²) in [5.41, 5.74) is 3.60. The van der Waals surface area contributed by atoms with Crippen LogP contribution < -0.4 is 4.90 Å². The van der Waals surface area contributed by atoms with Crippen molar-refractivity contribution in [1.82, 2.24) is 20.0 Å². The molecule has 1 fully saturated rings. The number of aryl methyl sites for hydroxylation is 2. The molecule has 0 amide bonds. The second-order valence-electron chi connectivity index (χ2n) is 7.73. The average molecular weight is 452 g/mol. The van der Waals surface area contributed by atoms with Crippen molar-refractivity contribution in [2.45, 2.75) is 39.2 Å². The largest absolute Gasteiger partial charge is 0.469 e. The molecule has 1 aliphatic rings. The number of aromatic nitrogens is 4. The van der Waals surface area contributed by atoms with Crippen LogP contribution in [0.5, 0.6) is 0 Å². The van der Waals surface area contributed by atoms with Gasteiger partial charge in [-0.15, -0.1) is 5.10 Å². The Balaban J connectivity index is 1.85. The molecule has 0 spiro atoms. The number of carbonyl (C=O) groups is 1. The molecule has 2 aromatic rings. The lowest BCUT2D eigenvalue weighted by Gasteiger charge is -2.35. The van der Waals surface area contributed by atoms with E-state index in [0.29, 0.717) is 23.5 Å². The number of pyridine rings is 1. The lowest BCUT2D eigenvalue weighted by Crippen LogP contribution is -2.37. The van der Waals surface area contributed by atoms with E-state index >= 15 is 0 Å². The van der Waals surface area contributed by atoms with Crippen molar-refractivity contribution in [3.63, 3.8) is 0 Å². The summed E-state index contributed by atoms with van der Waals surface area (Å²) in [7, 11) is -0.493. The highest BCUT2D eigenvalue weighted by molar-refractivity contribution is 7.85. The standard InChI is InChI=1S/C20H29N5O5S/c1-5-15-17(25-10-6-7-14(12-25)11-19(26)29-3)9-8-16(21-15)20-18(24(2)23-22-20)13-30-31(4,27)28/h8-9,14H,5-7,10-13H2,1-4H3/t14-/m1/s1. The minimum absolute atomic E-state index is 0.163. The van der Waals surface area contributed by atoms with Gasteiger partial charge in [0.2, 0.25) is 0 Å². The van der Waals surface area contributed by atoms with Crippen LogP contribution in [0.4, 0.5) is 5.69 Å². The molecule has 0 radical (unpaired) electrons. The van der Waals surface area contributed by atoms with E-state index < -0.39 is 10.1 Å². The maximum atomic E-state index is 11.7. The lowest BCUT2D eigenvalue weighted by atomic mass is 9.94. The maximum Gasteiger partial charge on any atom is 0.305 e. The van der Waals surface area contributed by atoms with E-state index in [1.165, 1.54) is 11.8 Å². The minimum atomic E-state index is -3.59. The van der Waals surface area contributed by atoms with Gasteiger partial charge in [-0.3, -0.25) is 8.98 Å². The van der Waals surface area contributed by atoms with Crippen LogP contribution in [-0.4, -0.2) is 60.8 Å². The fourth-order valence-corrected chi connectivity index (χ4v) is 4.17. The first kappa shape index (κ1) is 23.1. The molecular formula is C20H29N5O5S. The number of piperidine rings is 1. The summed E-state index contributed by atoms with van der Waals surface area (Å²) in [5.74, 6) is 0.0767. The van der Waals surface area contributed by atoms with Crippen LogP contribution in [0, 0.1) is 5.92 Å². The first-order chi connectivity index (χ1) is 14.7. The number of carbonyl (C=O) groups excluding carboxylic acids is 1. The molecule has 170 valence electrons. The zero-order valence-electron chi connectivity index (χ0n) is 18.4. The van der Waals surface area contributed by atoms with E-state index in [2.05, 4.69) is 15.2 Å². The summed E-state index contributed by atoms with van der Waals surface area (Å²) in [6, 6.07) is 3.88. The van der Waals surface area contributed by atoms with Gasteiger partial charge in [0, 0.05) is 26.6 Å². The fraction of sp³-hybridized carbons (Fsp3) is 0.600. The second-order valence-corrected chi connectivity index (χ2v) is 9.37. The summed E-state index contributed by atoms with van der Waals surface area (Å²) in [4.78, 5) is 18.8. The molecule has 0 saturated carbocycles. The van der Waals surface area contributed by atoms with Gasteiger partial charge in [-0.1, -0.05) is 12.1 Å². The smallest absolute Gasteiger partial charge is 0.305 e. The monoisotopic (exact) mass is 451 g/mol. The van der Waals surface area contributed by atoms with Crippen LogP contribution in [0.25, 0.3) is 11.4 Å². The molecular weight excluding hydrogens is 422 g/mol. The van der Waals surface area contributed by atoms with Gasteiger partial charge in [-0.25, -0.2) is 9.67 Å². The molecule has 11 heteroatoms. The Morgan fingerprint density at radius 2 is 2.10 bits per heavy atom. The van der Waals surface area contributed by atoms with Crippen molar-refractivity contribution in [3.05, 3.63) is 23.5 Å². The molecule has 0 N–H and O–H groups in total. The van der Waals surface area contributed by atoms with Crippen molar-refractivity contribution in [1.29, 1.82) is 0 Å². The number of ether oxygens (including phenoxy) is 1. The van der Waals surface area contributed by atoms with Gasteiger partial charge in [0.15, 0.2) is 0 Å².